The SMILES string of the molecule is CC(C)(CC(=O)C(F)(F)F)c1cc(S(=O)(=O)O)cc2c1OCC2. The van der Waals surface area contributed by atoms with Crippen molar-refractivity contribution < 1.29 is 35.7 Å². The minimum atomic E-state index is -4.97. The molecular formula is C14H15F3O5S. The van der Waals surface area contributed by atoms with Gasteiger partial charge in [-0.2, -0.15) is 21.6 Å². The zero-order valence-corrected chi connectivity index (χ0v) is 13.2. The van der Waals surface area contributed by atoms with Crippen molar-refractivity contribution in [2.45, 2.75) is 43.2 Å². The summed E-state index contributed by atoms with van der Waals surface area (Å²) in [6.45, 7) is 3.03. The molecule has 0 aromatic heterocycles. The first-order valence-electron chi connectivity index (χ1n) is 6.70. The summed E-state index contributed by atoms with van der Waals surface area (Å²) < 4.78 is 74.9. The molecule has 23 heavy (non-hydrogen) atoms. The Morgan fingerprint density at radius 2 is 1.91 bits per heavy atom. The van der Waals surface area contributed by atoms with Gasteiger partial charge in [0.25, 0.3) is 10.1 Å². The highest BCUT2D eigenvalue weighted by Crippen LogP contribution is 2.42. The average molecular weight is 352 g/mol. The number of hydrogen-bond donors (Lipinski definition) is 1. The van der Waals surface area contributed by atoms with Crippen LogP contribution in [0.4, 0.5) is 13.2 Å². The Morgan fingerprint density at radius 1 is 1.30 bits per heavy atom. The molecule has 2 rings (SSSR count). The lowest BCUT2D eigenvalue weighted by molar-refractivity contribution is -0.172. The summed E-state index contributed by atoms with van der Waals surface area (Å²) in [4.78, 5) is 10.9. The predicted octanol–water partition coefficient (Wildman–Crippen LogP) is 2.67. The number of carbonyl (C=O) groups is 1. The number of halogens is 3. The van der Waals surface area contributed by atoms with E-state index in [0.717, 1.165) is 6.07 Å². The van der Waals surface area contributed by atoms with Crippen LogP contribution in [0.2, 0.25) is 0 Å². The van der Waals surface area contributed by atoms with Crippen molar-refractivity contribution in [1.29, 1.82) is 0 Å². The van der Waals surface area contributed by atoms with E-state index >= 15 is 0 Å². The maximum atomic E-state index is 12.5. The molecule has 0 saturated heterocycles. The van der Waals surface area contributed by atoms with Gasteiger partial charge in [0.15, 0.2) is 0 Å². The Morgan fingerprint density at radius 3 is 2.43 bits per heavy atom. The molecule has 1 heterocycles. The second-order valence-electron chi connectivity index (χ2n) is 6.01. The van der Waals surface area contributed by atoms with Gasteiger partial charge in [0, 0.05) is 23.8 Å². The van der Waals surface area contributed by atoms with E-state index in [1.165, 1.54) is 19.9 Å². The van der Waals surface area contributed by atoms with Gasteiger partial charge < -0.3 is 4.74 Å². The van der Waals surface area contributed by atoms with Crippen LogP contribution in [-0.4, -0.2) is 31.5 Å². The molecule has 1 aliphatic heterocycles. The Balaban J connectivity index is 2.53. The van der Waals surface area contributed by atoms with Crippen LogP contribution in [0.25, 0.3) is 0 Å². The van der Waals surface area contributed by atoms with E-state index in [1.807, 2.05) is 0 Å². The lowest BCUT2D eigenvalue weighted by Crippen LogP contribution is -2.31. The van der Waals surface area contributed by atoms with Crippen molar-refractivity contribution in [3.05, 3.63) is 23.3 Å². The summed E-state index contributed by atoms with van der Waals surface area (Å²) in [5.74, 6) is -1.64. The summed E-state index contributed by atoms with van der Waals surface area (Å²) in [5, 5.41) is 0. The van der Waals surface area contributed by atoms with Crippen LogP contribution < -0.4 is 4.74 Å². The molecular weight excluding hydrogens is 337 g/mol. The predicted molar refractivity (Wildman–Crippen MR) is 74.2 cm³/mol. The van der Waals surface area contributed by atoms with E-state index in [9.17, 15) is 30.9 Å². The van der Waals surface area contributed by atoms with E-state index in [0.29, 0.717) is 12.0 Å². The Labute approximate surface area is 131 Å². The van der Waals surface area contributed by atoms with Crippen LogP contribution >= 0.6 is 0 Å². The Kier molecular flexibility index (Phi) is 4.23. The molecule has 0 radical (unpaired) electrons. The summed E-state index contributed by atoms with van der Waals surface area (Å²) in [5.41, 5.74) is -0.692. The number of rotatable bonds is 4. The summed E-state index contributed by atoms with van der Waals surface area (Å²) in [7, 11) is -4.53. The first kappa shape index (κ1) is 17.7. The van der Waals surface area contributed by atoms with E-state index in [-0.39, 0.29) is 17.9 Å². The molecule has 0 spiro atoms. The molecule has 1 aliphatic rings. The lowest BCUT2D eigenvalue weighted by atomic mass is 9.79. The lowest BCUT2D eigenvalue weighted by Gasteiger charge is -2.27. The first-order valence-corrected chi connectivity index (χ1v) is 8.14. The van der Waals surface area contributed by atoms with Crippen LogP contribution in [0.5, 0.6) is 5.75 Å². The molecule has 1 aromatic rings. The second kappa shape index (κ2) is 5.48. The monoisotopic (exact) mass is 352 g/mol. The number of Topliss-reactive ketones (excluding diaryl/α,β-unsaturated/α-hetero) is 1. The molecule has 0 bridgehead atoms. The standard InChI is InChI=1S/C14H15F3O5S/c1-13(2,7-11(18)14(15,16)17)10-6-9(23(19,20)21)5-8-3-4-22-12(8)10/h5-6H,3-4,7H2,1-2H3,(H,19,20,21). The maximum Gasteiger partial charge on any atom is 0.450 e. The van der Waals surface area contributed by atoms with Gasteiger partial charge in [0.1, 0.15) is 5.75 Å². The van der Waals surface area contributed by atoms with Gasteiger partial charge in [0.2, 0.25) is 5.78 Å². The van der Waals surface area contributed by atoms with E-state index < -0.39 is 38.8 Å². The highest BCUT2D eigenvalue weighted by Gasteiger charge is 2.43. The molecule has 5 nitrogen and oxygen atoms in total. The zero-order chi connectivity index (χ0) is 17.6. The normalized spacial score (nSPS) is 15.2. The highest BCUT2D eigenvalue weighted by atomic mass is 32.2. The number of ketones is 1. The molecule has 0 saturated carbocycles. The molecule has 9 heteroatoms. The minimum absolute atomic E-state index is 0.151. The van der Waals surface area contributed by atoms with Gasteiger partial charge in [-0.1, -0.05) is 13.8 Å². The fourth-order valence-electron chi connectivity index (χ4n) is 2.53. The van der Waals surface area contributed by atoms with Crippen LogP contribution in [0.3, 0.4) is 0 Å². The van der Waals surface area contributed by atoms with E-state index in [1.54, 1.807) is 0 Å². The second-order valence-corrected chi connectivity index (χ2v) is 7.44. The molecule has 128 valence electrons. The summed E-state index contributed by atoms with van der Waals surface area (Å²) in [6, 6.07) is 2.28. The van der Waals surface area contributed by atoms with Crippen molar-refractivity contribution in [2.24, 2.45) is 0 Å². The topological polar surface area (TPSA) is 80.7 Å². The summed E-state index contributed by atoms with van der Waals surface area (Å²) >= 11 is 0. The van der Waals surface area contributed by atoms with E-state index in [2.05, 4.69) is 0 Å². The number of hydrogen-bond acceptors (Lipinski definition) is 4. The van der Waals surface area contributed by atoms with Gasteiger partial charge >= 0.3 is 6.18 Å². The van der Waals surface area contributed by atoms with Crippen LogP contribution in [0.1, 0.15) is 31.4 Å². The third kappa shape index (κ3) is 3.66. The third-order valence-electron chi connectivity index (χ3n) is 3.70. The van der Waals surface area contributed by atoms with Gasteiger partial charge in [-0.05, 0) is 17.7 Å². The van der Waals surface area contributed by atoms with Crippen molar-refractivity contribution in [3.63, 3.8) is 0 Å². The zero-order valence-electron chi connectivity index (χ0n) is 12.4. The number of ether oxygens (including phenoxy) is 1. The summed E-state index contributed by atoms with van der Waals surface area (Å²) in [6.07, 6.45) is -5.46. The van der Waals surface area contributed by atoms with Crippen LogP contribution in [0.15, 0.2) is 17.0 Å². The Hall–Kier alpha value is -1.61. The number of fused-ring (bicyclic) bond motifs is 1. The van der Waals surface area contributed by atoms with Crippen molar-refractivity contribution in [1.82, 2.24) is 0 Å². The maximum absolute atomic E-state index is 12.5. The smallest absolute Gasteiger partial charge is 0.450 e. The van der Waals surface area contributed by atoms with Gasteiger partial charge in [-0.15, -0.1) is 0 Å². The van der Waals surface area contributed by atoms with Crippen molar-refractivity contribution in [2.75, 3.05) is 6.61 Å². The van der Waals surface area contributed by atoms with E-state index in [4.69, 9.17) is 4.74 Å². The Bertz CT molecular complexity index is 750. The molecule has 1 aromatic carbocycles. The molecule has 1 N–H and O–H groups in total. The highest BCUT2D eigenvalue weighted by molar-refractivity contribution is 7.85. The van der Waals surface area contributed by atoms with Crippen molar-refractivity contribution in [3.8, 4) is 5.75 Å². The van der Waals surface area contributed by atoms with Gasteiger partial charge in [0.05, 0.1) is 11.5 Å². The molecule has 0 unspecified atom stereocenters. The largest absolute Gasteiger partial charge is 0.493 e. The number of carbonyl (C=O) groups excluding carboxylic acids is 1. The van der Waals surface area contributed by atoms with Gasteiger partial charge in [-0.3, -0.25) is 9.35 Å². The van der Waals surface area contributed by atoms with Crippen LogP contribution in [0, 0.1) is 0 Å². The minimum Gasteiger partial charge on any atom is -0.493 e. The van der Waals surface area contributed by atoms with Crippen molar-refractivity contribution >= 4 is 15.9 Å². The fraction of sp³-hybridized carbons (Fsp3) is 0.500. The third-order valence-corrected chi connectivity index (χ3v) is 4.53. The molecule has 0 amide bonds. The quantitative estimate of drug-likeness (QED) is 0.843. The number of alkyl halides is 3. The fourth-order valence-corrected chi connectivity index (χ4v) is 3.09. The van der Waals surface area contributed by atoms with Gasteiger partial charge in [-0.25, -0.2) is 0 Å². The average Bonchev–Trinajstić information content (AvgIpc) is 2.82. The molecule has 0 fully saturated rings. The molecule has 0 atom stereocenters. The number of benzene rings is 1. The molecule has 0 aliphatic carbocycles. The first-order chi connectivity index (χ1) is 10.3. The van der Waals surface area contributed by atoms with Crippen LogP contribution in [-0.2, 0) is 26.7 Å².